The first kappa shape index (κ1) is 14.4. The van der Waals surface area contributed by atoms with Crippen LogP contribution in [0.4, 0.5) is 0 Å². The maximum atomic E-state index is 10.5. The van der Waals surface area contributed by atoms with E-state index in [0.29, 0.717) is 6.42 Å². The van der Waals surface area contributed by atoms with Gasteiger partial charge in [-0.2, -0.15) is 12.6 Å². The number of aryl methyl sites for hydroxylation is 1. The van der Waals surface area contributed by atoms with Crippen molar-refractivity contribution in [3.63, 3.8) is 0 Å². The number of hydrogen-bond acceptors (Lipinski definition) is 2. The van der Waals surface area contributed by atoms with Crippen LogP contribution in [-0.2, 0) is 11.2 Å². The van der Waals surface area contributed by atoms with Crippen molar-refractivity contribution in [3.05, 3.63) is 34.9 Å². The quantitative estimate of drug-likeness (QED) is 0.585. The maximum Gasteiger partial charge on any atom is 0.316 e. The lowest BCUT2D eigenvalue weighted by Crippen LogP contribution is -2.12. The van der Waals surface area contributed by atoms with E-state index in [-0.39, 0.29) is 0 Å². The van der Waals surface area contributed by atoms with Crippen molar-refractivity contribution < 1.29 is 9.90 Å². The lowest BCUT2D eigenvalue weighted by molar-refractivity contribution is -0.136. The smallest absolute Gasteiger partial charge is 0.316 e. The number of hydrogen-bond donors (Lipinski definition) is 2. The van der Waals surface area contributed by atoms with Gasteiger partial charge in [-0.3, -0.25) is 4.79 Å². The molecular formula is C13H17ClO2S. The van der Waals surface area contributed by atoms with E-state index in [2.05, 4.69) is 12.6 Å². The van der Waals surface area contributed by atoms with Crippen molar-refractivity contribution in [2.75, 3.05) is 0 Å². The molecule has 0 amide bonds. The molecular weight excluding hydrogens is 256 g/mol. The topological polar surface area (TPSA) is 37.3 Å². The number of unbranched alkanes of at least 4 members (excludes halogenated alkanes) is 2. The van der Waals surface area contributed by atoms with Gasteiger partial charge in [-0.25, -0.2) is 0 Å². The van der Waals surface area contributed by atoms with Crippen LogP contribution in [0.25, 0.3) is 0 Å². The van der Waals surface area contributed by atoms with E-state index >= 15 is 0 Å². The van der Waals surface area contributed by atoms with E-state index in [4.69, 9.17) is 16.7 Å². The lowest BCUT2D eigenvalue weighted by atomic mass is 10.1. The average Bonchev–Trinajstić information content (AvgIpc) is 2.30. The zero-order chi connectivity index (χ0) is 12.7. The van der Waals surface area contributed by atoms with Gasteiger partial charge in [0.1, 0.15) is 0 Å². The Morgan fingerprint density at radius 2 is 2.00 bits per heavy atom. The Balaban J connectivity index is 2.17. The highest BCUT2D eigenvalue weighted by molar-refractivity contribution is 7.81. The number of aliphatic carboxylic acids is 1. The van der Waals surface area contributed by atoms with E-state index in [1.165, 1.54) is 0 Å². The van der Waals surface area contributed by atoms with Crippen molar-refractivity contribution >= 4 is 30.2 Å². The molecule has 17 heavy (non-hydrogen) atoms. The normalized spacial score (nSPS) is 12.4. The fourth-order valence-corrected chi connectivity index (χ4v) is 2.07. The Labute approximate surface area is 112 Å². The van der Waals surface area contributed by atoms with Crippen molar-refractivity contribution in [1.82, 2.24) is 0 Å². The van der Waals surface area contributed by atoms with Gasteiger partial charge in [-0.05, 0) is 30.9 Å². The fraction of sp³-hybridized carbons (Fsp3) is 0.462. The first-order chi connectivity index (χ1) is 8.11. The van der Waals surface area contributed by atoms with E-state index < -0.39 is 11.2 Å². The second kappa shape index (κ2) is 7.62. The molecule has 0 aromatic heterocycles. The maximum absolute atomic E-state index is 10.5. The van der Waals surface area contributed by atoms with Gasteiger partial charge in [0.15, 0.2) is 0 Å². The summed E-state index contributed by atoms with van der Waals surface area (Å²) in [6.45, 7) is 0. The molecule has 0 bridgehead atoms. The third-order valence-electron chi connectivity index (χ3n) is 2.67. The number of benzene rings is 1. The highest BCUT2D eigenvalue weighted by atomic mass is 35.5. The Kier molecular flexibility index (Phi) is 6.45. The standard InChI is InChI=1S/C13H17ClO2S/c14-11-8-5-4-7-10(11)6-2-1-3-9-12(17)13(15)16/h4-5,7-8,12,17H,1-3,6,9H2,(H,15,16). The molecule has 0 aliphatic heterocycles. The molecule has 0 aliphatic rings. The predicted octanol–water partition coefficient (Wildman–Crippen LogP) is 3.83. The number of rotatable bonds is 7. The summed E-state index contributed by atoms with van der Waals surface area (Å²) in [6.07, 6.45) is 4.51. The van der Waals surface area contributed by atoms with Crippen molar-refractivity contribution in [1.29, 1.82) is 0 Å². The lowest BCUT2D eigenvalue weighted by Gasteiger charge is -2.06. The van der Waals surface area contributed by atoms with Gasteiger partial charge in [-0.15, -0.1) is 0 Å². The Morgan fingerprint density at radius 1 is 1.29 bits per heavy atom. The second-order valence-electron chi connectivity index (χ2n) is 4.04. The third-order valence-corrected chi connectivity index (χ3v) is 3.51. The van der Waals surface area contributed by atoms with Gasteiger partial charge in [0.25, 0.3) is 0 Å². The first-order valence-corrected chi connectivity index (χ1v) is 6.65. The highest BCUT2D eigenvalue weighted by Crippen LogP contribution is 2.18. The molecule has 0 heterocycles. The molecule has 94 valence electrons. The van der Waals surface area contributed by atoms with Crippen LogP contribution in [0, 0.1) is 0 Å². The van der Waals surface area contributed by atoms with Crippen LogP contribution in [0.2, 0.25) is 5.02 Å². The summed E-state index contributed by atoms with van der Waals surface area (Å²) in [5.74, 6) is -0.834. The van der Waals surface area contributed by atoms with E-state index in [1.807, 2.05) is 24.3 Å². The molecule has 0 saturated heterocycles. The molecule has 0 saturated carbocycles. The highest BCUT2D eigenvalue weighted by Gasteiger charge is 2.10. The average molecular weight is 273 g/mol. The van der Waals surface area contributed by atoms with E-state index in [1.54, 1.807) is 0 Å². The molecule has 1 N–H and O–H groups in total. The summed E-state index contributed by atoms with van der Waals surface area (Å²) in [5, 5.41) is 8.94. The predicted molar refractivity (Wildman–Crippen MR) is 74.0 cm³/mol. The number of carbonyl (C=O) groups is 1. The molecule has 1 aromatic rings. The summed E-state index contributed by atoms with van der Waals surface area (Å²) >= 11 is 10.0. The van der Waals surface area contributed by atoms with Crippen molar-refractivity contribution in [3.8, 4) is 0 Å². The first-order valence-electron chi connectivity index (χ1n) is 5.75. The summed E-state index contributed by atoms with van der Waals surface area (Å²) < 4.78 is 0. The van der Waals surface area contributed by atoms with E-state index in [9.17, 15) is 4.79 Å². The van der Waals surface area contributed by atoms with Crippen LogP contribution < -0.4 is 0 Å². The molecule has 4 heteroatoms. The van der Waals surface area contributed by atoms with Crippen LogP contribution in [0.15, 0.2) is 24.3 Å². The Bertz CT molecular complexity index is 368. The molecule has 1 unspecified atom stereocenters. The zero-order valence-electron chi connectivity index (χ0n) is 9.60. The second-order valence-corrected chi connectivity index (χ2v) is 5.08. The number of halogens is 1. The molecule has 0 radical (unpaired) electrons. The van der Waals surface area contributed by atoms with E-state index in [0.717, 1.165) is 36.3 Å². The molecule has 1 aromatic carbocycles. The summed E-state index contributed by atoms with van der Waals surface area (Å²) in [7, 11) is 0. The van der Waals surface area contributed by atoms with Gasteiger partial charge in [0.05, 0.1) is 5.25 Å². The Hall–Kier alpha value is -0.670. The molecule has 0 fully saturated rings. The van der Waals surface area contributed by atoms with Crippen LogP contribution in [-0.4, -0.2) is 16.3 Å². The summed E-state index contributed by atoms with van der Waals surface area (Å²) in [5.41, 5.74) is 1.16. The number of carboxylic acid groups (broad SMARTS) is 1. The largest absolute Gasteiger partial charge is 0.480 e. The van der Waals surface area contributed by atoms with Gasteiger partial charge in [0.2, 0.25) is 0 Å². The third kappa shape index (κ3) is 5.46. The minimum atomic E-state index is -0.834. The zero-order valence-corrected chi connectivity index (χ0v) is 11.3. The van der Waals surface area contributed by atoms with Crippen molar-refractivity contribution in [2.45, 2.75) is 37.4 Å². The van der Waals surface area contributed by atoms with Crippen LogP contribution in [0.5, 0.6) is 0 Å². The fourth-order valence-electron chi connectivity index (χ4n) is 1.65. The molecule has 2 nitrogen and oxygen atoms in total. The summed E-state index contributed by atoms with van der Waals surface area (Å²) in [4.78, 5) is 10.5. The molecule has 0 spiro atoms. The van der Waals surface area contributed by atoms with Gasteiger partial charge >= 0.3 is 5.97 Å². The monoisotopic (exact) mass is 272 g/mol. The van der Waals surface area contributed by atoms with Crippen LogP contribution in [0.1, 0.15) is 31.2 Å². The van der Waals surface area contributed by atoms with Crippen LogP contribution >= 0.6 is 24.2 Å². The SMILES string of the molecule is O=C(O)C(S)CCCCCc1ccccc1Cl. The molecule has 0 aliphatic carbocycles. The van der Waals surface area contributed by atoms with Gasteiger partial charge < -0.3 is 5.11 Å². The van der Waals surface area contributed by atoms with Gasteiger partial charge in [-0.1, -0.05) is 42.6 Å². The number of carboxylic acids is 1. The summed E-state index contributed by atoms with van der Waals surface area (Å²) in [6, 6.07) is 7.83. The minimum Gasteiger partial charge on any atom is -0.480 e. The number of thiol groups is 1. The molecule has 1 atom stereocenters. The van der Waals surface area contributed by atoms with Crippen LogP contribution in [0.3, 0.4) is 0 Å². The van der Waals surface area contributed by atoms with Crippen molar-refractivity contribution in [2.24, 2.45) is 0 Å². The Morgan fingerprint density at radius 3 is 2.65 bits per heavy atom. The van der Waals surface area contributed by atoms with Gasteiger partial charge in [0, 0.05) is 5.02 Å². The molecule has 1 rings (SSSR count). The minimum absolute atomic E-state index is 0.532.